The van der Waals surface area contributed by atoms with Gasteiger partial charge < -0.3 is 9.84 Å². The number of hydrogen-bond acceptors (Lipinski definition) is 3. The number of aliphatic hydroxyl groups is 1. The second kappa shape index (κ2) is 6.23. The topological polar surface area (TPSA) is 32.7 Å². The van der Waals surface area contributed by atoms with Gasteiger partial charge in [0, 0.05) is 36.6 Å². The van der Waals surface area contributed by atoms with E-state index in [1.54, 1.807) is 0 Å². The molecule has 98 valence electrons. The van der Waals surface area contributed by atoms with Crippen LogP contribution < -0.4 is 4.74 Å². The van der Waals surface area contributed by atoms with Crippen molar-refractivity contribution < 1.29 is 9.84 Å². The Labute approximate surface area is 113 Å². The molecule has 0 spiro atoms. The lowest BCUT2D eigenvalue weighted by Gasteiger charge is -2.21. The van der Waals surface area contributed by atoms with E-state index in [0.29, 0.717) is 6.54 Å². The number of fused-ring (bicyclic) bond motifs is 1. The average molecular weight is 268 g/mol. The summed E-state index contributed by atoms with van der Waals surface area (Å²) in [5.74, 6) is 0.964. The highest BCUT2D eigenvalue weighted by Crippen LogP contribution is 2.33. The van der Waals surface area contributed by atoms with Crippen molar-refractivity contribution in [1.82, 2.24) is 4.90 Å². The number of halogens is 1. The molecule has 1 aromatic carbocycles. The molecule has 3 nitrogen and oxygen atoms in total. The van der Waals surface area contributed by atoms with Crippen molar-refractivity contribution in [2.24, 2.45) is 0 Å². The Morgan fingerprint density at radius 1 is 1.50 bits per heavy atom. The van der Waals surface area contributed by atoms with Crippen molar-refractivity contribution in [2.45, 2.75) is 13.0 Å². The van der Waals surface area contributed by atoms with E-state index >= 15 is 0 Å². The first-order valence-electron chi connectivity index (χ1n) is 6.12. The molecule has 0 saturated carbocycles. The van der Waals surface area contributed by atoms with Gasteiger partial charge in [0.1, 0.15) is 5.75 Å². The maximum Gasteiger partial charge on any atom is 0.127 e. The third-order valence-electron chi connectivity index (χ3n) is 3.02. The van der Waals surface area contributed by atoms with Crippen LogP contribution in [0.2, 0.25) is 5.02 Å². The predicted octanol–water partition coefficient (Wildman–Crippen LogP) is 2.26. The van der Waals surface area contributed by atoms with Crippen molar-refractivity contribution in [2.75, 3.05) is 26.3 Å². The Morgan fingerprint density at radius 3 is 3.06 bits per heavy atom. The molecule has 18 heavy (non-hydrogen) atoms. The van der Waals surface area contributed by atoms with E-state index in [1.807, 2.05) is 18.2 Å². The molecule has 2 rings (SSSR count). The van der Waals surface area contributed by atoms with Crippen LogP contribution in [0.5, 0.6) is 5.75 Å². The molecule has 1 aliphatic heterocycles. The summed E-state index contributed by atoms with van der Waals surface area (Å²) in [4.78, 5) is 2.11. The van der Waals surface area contributed by atoms with Crippen LogP contribution in [0.1, 0.15) is 11.1 Å². The second-order valence-electron chi connectivity index (χ2n) is 4.40. The lowest BCUT2D eigenvalue weighted by molar-refractivity contribution is 0.201. The first-order valence-corrected chi connectivity index (χ1v) is 6.50. The van der Waals surface area contributed by atoms with E-state index in [2.05, 4.69) is 11.5 Å². The smallest absolute Gasteiger partial charge is 0.127 e. The van der Waals surface area contributed by atoms with E-state index in [1.165, 1.54) is 5.56 Å². The van der Waals surface area contributed by atoms with Crippen LogP contribution in [-0.4, -0.2) is 36.3 Å². The van der Waals surface area contributed by atoms with Gasteiger partial charge >= 0.3 is 0 Å². The third kappa shape index (κ3) is 3.05. The summed E-state index contributed by atoms with van der Waals surface area (Å²) < 4.78 is 5.67. The van der Waals surface area contributed by atoms with Crippen LogP contribution in [0.25, 0.3) is 0 Å². The monoisotopic (exact) mass is 267 g/mol. The third-order valence-corrected chi connectivity index (χ3v) is 3.24. The standard InChI is InChI=1S/C14H18ClNO2/c1-2-4-16(5-6-17)10-12-9-13(15)8-11-3-7-18-14(11)12/h2,8-9,17H,1,3-7,10H2. The van der Waals surface area contributed by atoms with Crippen LogP contribution in [0.15, 0.2) is 24.8 Å². The number of aliphatic hydroxyl groups excluding tert-OH is 1. The van der Waals surface area contributed by atoms with Gasteiger partial charge in [-0.1, -0.05) is 17.7 Å². The Kier molecular flexibility index (Phi) is 4.64. The fraction of sp³-hybridized carbons (Fsp3) is 0.429. The van der Waals surface area contributed by atoms with Crippen molar-refractivity contribution >= 4 is 11.6 Å². The molecule has 0 bridgehead atoms. The zero-order chi connectivity index (χ0) is 13.0. The van der Waals surface area contributed by atoms with Crippen molar-refractivity contribution in [3.05, 3.63) is 40.9 Å². The fourth-order valence-electron chi connectivity index (χ4n) is 2.26. The van der Waals surface area contributed by atoms with Gasteiger partial charge in [-0.3, -0.25) is 4.90 Å². The van der Waals surface area contributed by atoms with Gasteiger partial charge in [-0.2, -0.15) is 0 Å². The molecule has 0 aromatic heterocycles. The van der Waals surface area contributed by atoms with Gasteiger partial charge in [0.25, 0.3) is 0 Å². The number of hydrogen-bond donors (Lipinski definition) is 1. The number of ether oxygens (including phenoxy) is 1. The van der Waals surface area contributed by atoms with Crippen molar-refractivity contribution in [1.29, 1.82) is 0 Å². The molecule has 0 unspecified atom stereocenters. The largest absolute Gasteiger partial charge is 0.493 e. The van der Waals surface area contributed by atoms with E-state index in [9.17, 15) is 0 Å². The lowest BCUT2D eigenvalue weighted by atomic mass is 10.1. The summed E-state index contributed by atoms with van der Waals surface area (Å²) in [5, 5.41) is 9.80. The number of rotatable bonds is 6. The Morgan fingerprint density at radius 2 is 2.33 bits per heavy atom. The van der Waals surface area contributed by atoms with Gasteiger partial charge in [-0.15, -0.1) is 6.58 Å². The predicted molar refractivity (Wildman–Crippen MR) is 73.2 cm³/mol. The minimum atomic E-state index is 0.136. The van der Waals surface area contributed by atoms with Crippen molar-refractivity contribution in [3.8, 4) is 5.75 Å². The highest BCUT2D eigenvalue weighted by molar-refractivity contribution is 6.30. The van der Waals surface area contributed by atoms with E-state index in [-0.39, 0.29) is 6.61 Å². The Bertz CT molecular complexity index is 434. The number of benzene rings is 1. The van der Waals surface area contributed by atoms with E-state index < -0.39 is 0 Å². The molecule has 0 fully saturated rings. The SMILES string of the molecule is C=CCN(CCO)Cc1cc(Cl)cc2c1OCC2. The van der Waals surface area contributed by atoms with Gasteiger partial charge in [-0.25, -0.2) is 0 Å². The molecule has 0 saturated heterocycles. The minimum Gasteiger partial charge on any atom is -0.493 e. The first-order chi connectivity index (χ1) is 8.74. The van der Waals surface area contributed by atoms with Crippen LogP contribution in [0.3, 0.4) is 0 Å². The van der Waals surface area contributed by atoms with Crippen LogP contribution in [-0.2, 0) is 13.0 Å². The summed E-state index contributed by atoms with van der Waals surface area (Å²) in [6, 6.07) is 3.91. The highest BCUT2D eigenvalue weighted by Gasteiger charge is 2.18. The number of nitrogens with zero attached hydrogens (tertiary/aromatic N) is 1. The van der Waals surface area contributed by atoms with Gasteiger partial charge in [0.05, 0.1) is 13.2 Å². The van der Waals surface area contributed by atoms with Gasteiger partial charge in [-0.05, 0) is 17.7 Å². The van der Waals surface area contributed by atoms with E-state index in [0.717, 1.165) is 42.5 Å². The minimum absolute atomic E-state index is 0.136. The molecule has 4 heteroatoms. The second-order valence-corrected chi connectivity index (χ2v) is 4.84. The van der Waals surface area contributed by atoms with Crippen LogP contribution in [0, 0.1) is 0 Å². The van der Waals surface area contributed by atoms with Crippen LogP contribution in [0.4, 0.5) is 0 Å². The molecule has 1 aliphatic rings. The Balaban J connectivity index is 2.19. The lowest BCUT2D eigenvalue weighted by Crippen LogP contribution is -2.26. The molecule has 1 aromatic rings. The highest BCUT2D eigenvalue weighted by atomic mass is 35.5. The summed E-state index contributed by atoms with van der Waals surface area (Å²) in [5.41, 5.74) is 2.27. The molecular weight excluding hydrogens is 250 g/mol. The van der Waals surface area contributed by atoms with Gasteiger partial charge in [0.2, 0.25) is 0 Å². The maximum absolute atomic E-state index is 9.06. The van der Waals surface area contributed by atoms with Crippen molar-refractivity contribution in [3.63, 3.8) is 0 Å². The van der Waals surface area contributed by atoms with Gasteiger partial charge in [0.15, 0.2) is 0 Å². The molecule has 0 amide bonds. The maximum atomic E-state index is 9.06. The molecule has 1 heterocycles. The average Bonchev–Trinajstić information content (AvgIpc) is 2.77. The zero-order valence-electron chi connectivity index (χ0n) is 10.4. The summed E-state index contributed by atoms with van der Waals surface area (Å²) in [6.07, 6.45) is 2.76. The fourth-order valence-corrected chi connectivity index (χ4v) is 2.53. The Hall–Kier alpha value is -1.03. The molecule has 1 N–H and O–H groups in total. The zero-order valence-corrected chi connectivity index (χ0v) is 11.1. The summed E-state index contributed by atoms with van der Waals surface area (Å²) in [7, 11) is 0. The summed E-state index contributed by atoms with van der Waals surface area (Å²) >= 11 is 6.12. The molecule has 0 aliphatic carbocycles. The molecule has 0 radical (unpaired) electrons. The summed E-state index contributed by atoms with van der Waals surface area (Å²) in [6.45, 7) is 6.67. The molecular formula is C14H18ClNO2. The van der Waals surface area contributed by atoms with Crippen LogP contribution >= 0.6 is 11.6 Å². The molecule has 0 atom stereocenters. The first kappa shape index (κ1) is 13.4. The normalized spacial score (nSPS) is 13.5. The van der Waals surface area contributed by atoms with E-state index in [4.69, 9.17) is 21.4 Å². The quantitative estimate of drug-likeness (QED) is 0.803.